The largest absolute Gasteiger partial charge is 0.339 e. The quantitative estimate of drug-likeness (QED) is 0.754. The van der Waals surface area contributed by atoms with Gasteiger partial charge in [0.15, 0.2) is 0 Å². The lowest BCUT2D eigenvalue weighted by atomic mass is 9.97. The van der Waals surface area contributed by atoms with Gasteiger partial charge in [0, 0.05) is 25.7 Å². The molecule has 4 fully saturated rings. The number of amides is 4. The highest BCUT2D eigenvalue weighted by atomic mass is 16.2. The van der Waals surface area contributed by atoms with E-state index in [-0.39, 0.29) is 11.8 Å². The first-order valence-electron chi connectivity index (χ1n) is 9.70. The minimum atomic E-state index is -0.743. The lowest BCUT2D eigenvalue weighted by Crippen LogP contribution is -2.52. The maximum absolute atomic E-state index is 13.1. The number of hydrogen-bond acceptors (Lipinski definition) is 4. The molecule has 0 aromatic carbocycles. The monoisotopic (exact) mass is 348 g/mol. The highest BCUT2D eigenvalue weighted by Gasteiger charge is 2.55. The van der Waals surface area contributed by atoms with E-state index in [0.29, 0.717) is 25.4 Å². The number of imide groups is 1. The van der Waals surface area contributed by atoms with Crippen molar-refractivity contribution in [2.24, 2.45) is 0 Å². The molecule has 1 N–H and O–H groups in total. The lowest BCUT2D eigenvalue weighted by Gasteiger charge is -2.30. The molecule has 3 saturated heterocycles. The van der Waals surface area contributed by atoms with Gasteiger partial charge in [0.2, 0.25) is 5.91 Å². The number of hydrogen-bond donors (Lipinski definition) is 1. The van der Waals surface area contributed by atoms with Crippen molar-refractivity contribution in [3.05, 3.63) is 0 Å². The van der Waals surface area contributed by atoms with E-state index in [9.17, 15) is 14.4 Å². The second-order valence-corrected chi connectivity index (χ2v) is 8.04. The Hall–Kier alpha value is -1.63. The Kier molecular flexibility index (Phi) is 4.22. The third kappa shape index (κ3) is 2.72. The summed E-state index contributed by atoms with van der Waals surface area (Å²) in [4.78, 5) is 43.9. The van der Waals surface area contributed by atoms with Crippen LogP contribution in [0.25, 0.3) is 0 Å². The molecule has 4 amide bonds. The van der Waals surface area contributed by atoms with Crippen LogP contribution in [0.5, 0.6) is 0 Å². The maximum atomic E-state index is 13.1. The number of rotatable bonds is 2. The summed E-state index contributed by atoms with van der Waals surface area (Å²) in [6, 6.07) is -0.687. The van der Waals surface area contributed by atoms with Crippen molar-refractivity contribution < 1.29 is 14.4 Å². The molecule has 3 aliphatic heterocycles. The Balaban J connectivity index is 1.48. The molecule has 1 spiro atoms. The first-order chi connectivity index (χ1) is 12.0. The van der Waals surface area contributed by atoms with Gasteiger partial charge >= 0.3 is 6.03 Å². The molecule has 0 radical (unpaired) electrons. The molecule has 0 bridgehead atoms. The van der Waals surface area contributed by atoms with Crippen LogP contribution in [0.15, 0.2) is 0 Å². The molecular formula is C18H28N4O3. The van der Waals surface area contributed by atoms with Gasteiger partial charge < -0.3 is 10.2 Å². The molecule has 2 atom stereocenters. The first kappa shape index (κ1) is 16.8. The van der Waals surface area contributed by atoms with Crippen LogP contribution >= 0.6 is 0 Å². The summed E-state index contributed by atoms with van der Waals surface area (Å²) < 4.78 is 0. The number of fused-ring (bicyclic) bond motifs is 1. The summed E-state index contributed by atoms with van der Waals surface area (Å²) in [6.07, 6.45) is 6.56. The van der Waals surface area contributed by atoms with E-state index >= 15 is 0 Å². The fourth-order valence-electron chi connectivity index (χ4n) is 5.09. The molecular weight excluding hydrogens is 320 g/mol. The molecule has 1 aliphatic carbocycles. The van der Waals surface area contributed by atoms with Crippen LogP contribution in [-0.4, -0.2) is 76.3 Å². The Morgan fingerprint density at radius 2 is 1.84 bits per heavy atom. The number of carbonyl (C=O) groups excluding carboxylic acids is 3. The molecule has 4 rings (SSSR count). The zero-order valence-electron chi connectivity index (χ0n) is 15.0. The van der Waals surface area contributed by atoms with Gasteiger partial charge in [-0.3, -0.25) is 14.5 Å². The van der Waals surface area contributed by atoms with Crippen molar-refractivity contribution in [2.45, 2.75) is 69.5 Å². The molecule has 4 aliphatic rings. The Bertz CT molecular complexity index is 587. The van der Waals surface area contributed by atoms with Crippen LogP contribution in [0.1, 0.15) is 51.9 Å². The number of nitrogens with one attached hydrogen (secondary N) is 1. The normalized spacial score (nSPS) is 30.5. The van der Waals surface area contributed by atoms with Crippen molar-refractivity contribution in [1.29, 1.82) is 0 Å². The second-order valence-electron chi connectivity index (χ2n) is 8.04. The van der Waals surface area contributed by atoms with Crippen molar-refractivity contribution in [3.8, 4) is 0 Å². The first-order valence-corrected chi connectivity index (χ1v) is 9.70. The van der Waals surface area contributed by atoms with Crippen LogP contribution in [0.3, 0.4) is 0 Å². The molecule has 2 unspecified atom stereocenters. The molecule has 3 heterocycles. The Morgan fingerprint density at radius 1 is 1.12 bits per heavy atom. The zero-order valence-corrected chi connectivity index (χ0v) is 15.0. The molecule has 25 heavy (non-hydrogen) atoms. The van der Waals surface area contributed by atoms with Crippen LogP contribution < -0.4 is 5.32 Å². The van der Waals surface area contributed by atoms with E-state index in [2.05, 4.69) is 10.2 Å². The lowest BCUT2D eigenvalue weighted by molar-refractivity contribution is -0.143. The van der Waals surface area contributed by atoms with Crippen LogP contribution in [0.2, 0.25) is 0 Å². The number of urea groups is 1. The molecule has 0 aromatic rings. The van der Waals surface area contributed by atoms with Crippen molar-refractivity contribution >= 4 is 17.8 Å². The molecule has 1 saturated carbocycles. The fourth-order valence-corrected chi connectivity index (χ4v) is 5.09. The predicted octanol–water partition coefficient (Wildman–Crippen LogP) is 0.936. The van der Waals surface area contributed by atoms with Crippen molar-refractivity contribution in [3.63, 3.8) is 0 Å². The molecule has 138 valence electrons. The van der Waals surface area contributed by atoms with Crippen LogP contribution in [-0.2, 0) is 9.59 Å². The second kappa shape index (κ2) is 6.27. The third-order valence-corrected chi connectivity index (χ3v) is 6.51. The summed E-state index contributed by atoms with van der Waals surface area (Å²) in [5.74, 6) is -0.291. The number of nitrogens with zero attached hydrogens (tertiary/aromatic N) is 3. The predicted molar refractivity (Wildman–Crippen MR) is 91.8 cm³/mol. The zero-order chi connectivity index (χ0) is 17.6. The summed E-state index contributed by atoms with van der Waals surface area (Å²) in [5.41, 5.74) is -0.743. The average Bonchev–Trinajstić information content (AvgIpc) is 3.25. The van der Waals surface area contributed by atoms with Gasteiger partial charge in [0.25, 0.3) is 5.91 Å². The fraction of sp³-hybridized carbons (Fsp3) is 0.833. The highest BCUT2D eigenvalue weighted by molar-refractivity contribution is 6.09. The summed E-state index contributed by atoms with van der Waals surface area (Å²) >= 11 is 0. The van der Waals surface area contributed by atoms with E-state index in [1.807, 2.05) is 4.90 Å². The summed E-state index contributed by atoms with van der Waals surface area (Å²) in [5, 5.41) is 2.88. The standard InChI is InChI=1S/C18H28N4O3/c1-13(22-16(24)18(19-17(22)25)7-2-3-8-18)15(23)21-11-5-10-20-9-4-6-14(20)12-21/h13-14H,2-12H2,1H3,(H,19,25). The maximum Gasteiger partial charge on any atom is 0.325 e. The van der Waals surface area contributed by atoms with Crippen molar-refractivity contribution in [1.82, 2.24) is 20.0 Å². The Labute approximate surface area is 148 Å². The van der Waals surface area contributed by atoms with E-state index in [1.165, 1.54) is 11.3 Å². The van der Waals surface area contributed by atoms with Gasteiger partial charge in [-0.2, -0.15) is 0 Å². The van der Waals surface area contributed by atoms with E-state index < -0.39 is 17.6 Å². The van der Waals surface area contributed by atoms with Gasteiger partial charge in [-0.1, -0.05) is 12.8 Å². The Morgan fingerprint density at radius 3 is 2.60 bits per heavy atom. The number of carbonyl (C=O) groups is 3. The van der Waals surface area contributed by atoms with E-state index in [0.717, 1.165) is 45.3 Å². The smallest absolute Gasteiger partial charge is 0.325 e. The summed E-state index contributed by atoms with van der Waals surface area (Å²) in [6.45, 7) is 5.29. The van der Waals surface area contributed by atoms with Gasteiger partial charge in [0.1, 0.15) is 11.6 Å². The van der Waals surface area contributed by atoms with Gasteiger partial charge in [-0.05, 0) is 45.6 Å². The highest BCUT2D eigenvalue weighted by Crippen LogP contribution is 2.36. The average molecular weight is 348 g/mol. The van der Waals surface area contributed by atoms with E-state index in [1.54, 1.807) is 6.92 Å². The molecule has 0 aromatic heterocycles. The van der Waals surface area contributed by atoms with E-state index in [4.69, 9.17) is 0 Å². The molecule has 7 heteroatoms. The van der Waals surface area contributed by atoms with Crippen LogP contribution in [0, 0.1) is 0 Å². The van der Waals surface area contributed by atoms with Crippen molar-refractivity contribution in [2.75, 3.05) is 26.2 Å². The van der Waals surface area contributed by atoms with Gasteiger partial charge in [-0.15, -0.1) is 0 Å². The SMILES string of the molecule is CC(C(=O)N1CCCN2CCCC2C1)N1C(=O)NC2(CCCC2)C1=O. The minimum Gasteiger partial charge on any atom is -0.339 e. The van der Waals surface area contributed by atoms with Gasteiger partial charge in [-0.25, -0.2) is 9.69 Å². The van der Waals surface area contributed by atoms with Crippen LogP contribution in [0.4, 0.5) is 4.79 Å². The summed E-state index contributed by atoms with van der Waals surface area (Å²) in [7, 11) is 0. The molecule has 7 nitrogen and oxygen atoms in total. The van der Waals surface area contributed by atoms with Gasteiger partial charge in [0.05, 0.1) is 0 Å². The topological polar surface area (TPSA) is 73.0 Å². The minimum absolute atomic E-state index is 0.0905. The third-order valence-electron chi connectivity index (χ3n) is 6.51.